The standard InChI is InChI=1S/C38H36F3NO7S/c1-37(2,3)29-14-10-25(11-15-29)32(21-24-6-8-26(9-7-24)33(43)5-4-20-50(45,46)47)36(44)42-30-16-12-27(13-17-30)35-23-28-22-31(49-38(39,40)41)18-19-34(28)48-35/h6-19,22-23,32H,4-5,20-21H2,1-3H3,(H,42,44)(H,45,46,47). The van der Waals surface area contributed by atoms with Crippen LogP contribution in [0.25, 0.3) is 22.3 Å². The fourth-order valence-electron chi connectivity index (χ4n) is 5.51. The Hall–Kier alpha value is -4.94. The van der Waals surface area contributed by atoms with E-state index in [1.165, 1.54) is 18.2 Å². The van der Waals surface area contributed by atoms with Crippen LogP contribution in [-0.4, -0.2) is 36.8 Å². The molecule has 0 radical (unpaired) electrons. The number of rotatable bonds is 12. The van der Waals surface area contributed by atoms with Crippen molar-refractivity contribution in [3.8, 4) is 17.1 Å². The van der Waals surface area contributed by atoms with Crippen molar-refractivity contribution in [1.82, 2.24) is 0 Å². The van der Waals surface area contributed by atoms with Crippen LogP contribution in [0.3, 0.4) is 0 Å². The number of benzene rings is 4. The van der Waals surface area contributed by atoms with Crippen molar-refractivity contribution in [3.05, 3.63) is 119 Å². The topological polar surface area (TPSA) is 123 Å². The summed E-state index contributed by atoms with van der Waals surface area (Å²) in [5, 5.41) is 3.43. The number of carbonyl (C=O) groups excluding carboxylic acids is 2. The first-order chi connectivity index (χ1) is 23.4. The van der Waals surface area contributed by atoms with Gasteiger partial charge in [-0.15, -0.1) is 13.2 Å². The smallest absolute Gasteiger partial charge is 0.456 e. The molecule has 0 saturated heterocycles. The molecule has 4 aromatic carbocycles. The molecule has 0 fully saturated rings. The molecule has 2 N–H and O–H groups in total. The number of ether oxygens (including phenoxy) is 1. The van der Waals surface area contributed by atoms with Crippen LogP contribution in [0.4, 0.5) is 18.9 Å². The largest absolute Gasteiger partial charge is 0.573 e. The predicted molar refractivity (Wildman–Crippen MR) is 185 cm³/mol. The summed E-state index contributed by atoms with van der Waals surface area (Å²) in [4.78, 5) is 26.4. The second kappa shape index (κ2) is 14.5. The fourth-order valence-corrected chi connectivity index (χ4v) is 6.02. The maximum atomic E-state index is 13.8. The van der Waals surface area contributed by atoms with Crippen molar-refractivity contribution >= 4 is 38.5 Å². The van der Waals surface area contributed by atoms with E-state index in [2.05, 4.69) is 30.8 Å². The van der Waals surface area contributed by atoms with Crippen molar-refractivity contribution in [2.45, 2.75) is 57.7 Å². The third kappa shape index (κ3) is 9.82. The molecule has 0 aliphatic heterocycles. The van der Waals surface area contributed by atoms with Gasteiger partial charge in [0, 0.05) is 28.6 Å². The van der Waals surface area contributed by atoms with Crippen molar-refractivity contribution in [3.63, 3.8) is 0 Å². The zero-order valence-electron chi connectivity index (χ0n) is 27.6. The van der Waals surface area contributed by atoms with E-state index in [-0.39, 0.29) is 35.7 Å². The van der Waals surface area contributed by atoms with Gasteiger partial charge in [-0.1, -0.05) is 69.3 Å². The Morgan fingerprint density at radius 2 is 1.54 bits per heavy atom. The zero-order valence-corrected chi connectivity index (χ0v) is 28.4. The van der Waals surface area contributed by atoms with Gasteiger partial charge in [-0.2, -0.15) is 8.42 Å². The maximum Gasteiger partial charge on any atom is 0.573 e. The number of alkyl halides is 3. The molecule has 50 heavy (non-hydrogen) atoms. The first kappa shape index (κ1) is 36.3. The lowest BCUT2D eigenvalue weighted by atomic mass is 9.84. The Kier molecular flexibility index (Phi) is 10.5. The molecule has 1 unspecified atom stereocenters. The molecule has 0 bridgehead atoms. The fraction of sp³-hybridized carbons (Fsp3) is 0.263. The normalized spacial score (nSPS) is 12.9. The number of amides is 1. The molecule has 5 aromatic rings. The van der Waals surface area contributed by atoms with E-state index in [4.69, 9.17) is 8.97 Å². The van der Waals surface area contributed by atoms with E-state index >= 15 is 0 Å². The van der Waals surface area contributed by atoms with E-state index < -0.39 is 28.2 Å². The van der Waals surface area contributed by atoms with E-state index in [9.17, 15) is 31.2 Å². The minimum absolute atomic E-state index is 0.00705. The van der Waals surface area contributed by atoms with E-state index in [0.717, 1.165) is 16.7 Å². The second-order valence-corrected chi connectivity index (χ2v) is 14.6. The molecule has 1 heterocycles. The summed E-state index contributed by atoms with van der Waals surface area (Å²) in [7, 11) is -4.14. The number of anilines is 1. The van der Waals surface area contributed by atoms with Gasteiger partial charge in [0.15, 0.2) is 5.78 Å². The van der Waals surface area contributed by atoms with Gasteiger partial charge in [0.25, 0.3) is 10.1 Å². The molecule has 0 aliphatic carbocycles. The van der Waals surface area contributed by atoms with E-state index in [1.807, 2.05) is 24.3 Å². The monoisotopic (exact) mass is 707 g/mol. The zero-order chi connectivity index (χ0) is 36.3. The Labute approximate surface area is 288 Å². The minimum atomic E-state index is -4.81. The molecule has 0 spiro atoms. The summed E-state index contributed by atoms with van der Waals surface area (Å²) < 4.78 is 78.7. The Bertz CT molecular complexity index is 2080. The van der Waals surface area contributed by atoms with Gasteiger partial charge >= 0.3 is 6.36 Å². The molecule has 1 amide bonds. The van der Waals surface area contributed by atoms with E-state index in [1.54, 1.807) is 54.6 Å². The number of hydrogen-bond acceptors (Lipinski definition) is 6. The highest BCUT2D eigenvalue weighted by molar-refractivity contribution is 7.85. The highest BCUT2D eigenvalue weighted by Gasteiger charge is 2.31. The molecular formula is C38H36F3NO7S. The molecule has 262 valence electrons. The summed E-state index contributed by atoms with van der Waals surface area (Å²) >= 11 is 0. The number of hydrogen-bond donors (Lipinski definition) is 2. The number of nitrogens with one attached hydrogen (secondary N) is 1. The van der Waals surface area contributed by atoms with Gasteiger partial charge < -0.3 is 14.5 Å². The molecule has 12 heteroatoms. The second-order valence-electron chi connectivity index (χ2n) is 13.1. The van der Waals surface area contributed by atoms with Crippen LogP contribution < -0.4 is 10.1 Å². The van der Waals surface area contributed by atoms with Crippen LogP contribution in [0.2, 0.25) is 0 Å². The average Bonchev–Trinajstić information content (AvgIpc) is 3.46. The van der Waals surface area contributed by atoms with Crippen LogP contribution in [-0.2, 0) is 26.7 Å². The third-order valence-electron chi connectivity index (χ3n) is 8.18. The van der Waals surface area contributed by atoms with Crippen molar-refractivity contribution in [1.29, 1.82) is 0 Å². The highest BCUT2D eigenvalue weighted by Crippen LogP contribution is 2.33. The van der Waals surface area contributed by atoms with Crippen LogP contribution in [0.15, 0.2) is 101 Å². The molecule has 0 aliphatic rings. The summed E-state index contributed by atoms with van der Waals surface area (Å²) in [6.45, 7) is 6.31. The summed E-state index contributed by atoms with van der Waals surface area (Å²) in [5.41, 5.74) is 4.61. The minimum Gasteiger partial charge on any atom is -0.456 e. The van der Waals surface area contributed by atoms with Gasteiger partial charge in [-0.25, -0.2) is 0 Å². The van der Waals surface area contributed by atoms with Crippen molar-refractivity contribution < 1.29 is 44.9 Å². The highest BCUT2D eigenvalue weighted by atomic mass is 32.2. The van der Waals surface area contributed by atoms with Crippen molar-refractivity contribution in [2.75, 3.05) is 11.1 Å². The van der Waals surface area contributed by atoms with Gasteiger partial charge in [0.1, 0.15) is 17.1 Å². The lowest BCUT2D eigenvalue weighted by molar-refractivity contribution is -0.274. The van der Waals surface area contributed by atoms with Gasteiger partial charge in [-0.3, -0.25) is 14.1 Å². The molecule has 1 aromatic heterocycles. The molecule has 1 atom stereocenters. The lowest BCUT2D eigenvalue weighted by Gasteiger charge is -2.22. The Morgan fingerprint density at radius 3 is 2.14 bits per heavy atom. The lowest BCUT2D eigenvalue weighted by Crippen LogP contribution is -2.23. The predicted octanol–water partition coefficient (Wildman–Crippen LogP) is 9.11. The van der Waals surface area contributed by atoms with Gasteiger partial charge in [-0.05, 0) is 83.5 Å². The quantitative estimate of drug-likeness (QED) is 0.0980. The van der Waals surface area contributed by atoms with Crippen LogP contribution in [0, 0.1) is 0 Å². The number of Topliss-reactive ketones (excluding diaryl/α,β-unsaturated/α-hetero) is 1. The first-order valence-corrected chi connectivity index (χ1v) is 17.4. The van der Waals surface area contributed by atoms with Crippen molar-refractivity contribution in [2.24, 2.45) is 0 Å². The summed E-state index contributed by atoms with van der Waals surface area (Å²) in [6, 6.07) is 27.0. The van der Waals surface area contributed by atoms with Gasteiger partial charge in [0.2, 0.25) is 5.91 Å². The first-order valence-electron chi connectivity index (χ1n) is 15.8. The average molecular weight is 708 g/mol. The number of ketones is 1. The van der Waals surface area contributed by atoms with Crippen LogP contribution in [0.5, 0.6) is 5.75 Å². The van der Waals surface area contributed by atoms with Crippen LogP contribution >= 0.6 is 0 Å². The SMILES string of the molecule is CC(C)(C)c1ccc(C(Cc2ccc(C(=O)CCCS(=O)(=O)O)cc2)C(=O)Nc2ccc(-c3cc4cc(OC(F)(F)F)ccc4o3)cc2)cc1. The Morgan fingerprint density at radius 1 is 0.880 bits per heavy atom. The molecule has 5 rings (SSSR count). The number of furan rings is 1. The van der Waals surface area contributed by atoms with E-state index in [0.29, 0.717) is 40.0 Å². The van der Waals surface area contributed by atoms with Gasteiger partial charge in [0.05, 0.1) is 11.7 Å². The number of halogens is 3. The molecule has 0 saturated carbocycles. The molecular weight excluding hydrogens is 671 g/mol. The summed E-state index contributed by atoms with van der Waals surface area (Å²) in [6.07, 6.45) is -4.50. The summed E-state index contributed by atoms with van der Waals surface area (Å²) in [5.74, 6) is -1.51. The number of fused-ring (bicyclic) bond motifs is 1. The van der Waals surface area contributed by atoms with Crippen LogP contribution in [0.1, 0.15) is 66.6 Å². The number of carbonyl (C=O) groups is 2. The maximum absolute atomic E-state index is 13.8. The Balaban J connectivity index is 1.32. The third-order valence-corrected chi connectivity index (χ3v) is 8.98. The molecule has 8 nitrogen and oxygen atoms in total.